The molecule has 0 aliphatic carbocycles. The molecule has 0 bridgehead atoms. The van der Waals surface area contributed by atoms with E-state index in [1.165, 1.54) is 19.1 Å². The molecule has 0 aromatic heterocycles. The summed E-state index contributed by atoms with van der Waals surface area (Å²) in [7, 11) is 5.11. The molecular formula is C21H30N2O4S. The topological polar surface area (TPSA) is 67.9 Å². The quantitative estimate of drug-likeness (QED) is 0.327. The van der Waals surface area contributed by atoms with Crippen LogP contribution in [-0.4, -0.2) is 44.0 Å². The number of nitrogens with zero attached hydrogens (tertiary/aromatic N) is 1. The molecule has 0 spiro atoms. The van der Waals surface area contributed by atoms with Crippen LogP contribution in [0.1, 0.15) is 43.5 Å². The molecule has 28 heavy (non-hydrogen) atoms. The fourth-order valence-electron chi connectivity index (χ4n) is 2.26. The van der Waals surface area contributed by atoms with Gasteiger partial charge in [0.15, 0.2) is 5.75 Å². The van der Waals surface area contributed by atoms with Crippen molar-refractivity contribution in [3.05, 3.63) is 42.0 Å². The molecule has 1 N–H and O–H groups in total. The van der Waals surface area contributed by atoms with Crippen molar-refractivity contribution < 1.29 is 19.1 Å². The Morgan fingerprint density at radius 1 is 1.18 bits per heavy atom. The molecule has 1 amide bonds. The predicted molar refractivity (Wildman–Crippen MR) is 115 cm³/mol. The largest absolute Gasteiger partial charge is 0.486 e. The van der Waals surface area contributed by atoms with Gasteiger partial charge in [0.05, 0.1) is 23.3 Å². The molecule has 0 heterocycles. The summed E-state index contributed by atoms with van der Waals surface area (Å²) in [6, 6.07) is 3.30. The number of anilines is 1. The van der Waals surface area contributed by atoms with E-state index in [-0.39, 0.29) is 5.91 Å². The SMILES string of the molecule is CC/C=C\C=C/COc1c(NC(=O)CCC)cc(C(=O)OC)cc1SN(C)C. The molecule has 0 fully saturated rings. The number of allylic oxidation sites excluding steroid dienone is 3. The van der Waals surface area contributed by atoms with Gasteiger partial charge in [0, 0.05) is 6.42 Å². The van der Waals surface area contributed by atoms with E-state index < -0.39 is 5.97 Å². The monoisotopic (exact) mass is 406 g/mol. The average molecular weight is 407 g/mol. The van der Waals surface area contributed by atoms with Gasteiger partial charge in [-0.15, -0.1) is 0 Å². The minimum atomic E-state index is -0.470. The van der Waals surface area contributed by atoms with Crippen LogP contribution < -0.4 is 10.1 Å². The van der Waals surface area contributed by atoms with Crippen molar-refractivity contribution in [3.63, 3.8) is 0 Å². The number of ether oxygens (including phenoxy) is 2. The Hall–Kier alpha value is -2.25. The lowest BCUT2D eigenvalue weighted by Crippen LogP contribution is -2.14. The van der Waals surface area contributed by atoms with E-state index in [1.807, 2.05) is 49.6 Å². The maximum absolute atomic E-state index is 12.2. The Morgan fingerprint density at radius 2 is 1.89 bits per heavy atom. The molecule has 0 radical (unpaired) electrons. The lowest BCUT2D eigenvalue weighted by atomic mass is 10.1. The zero-order valence-corrected chi connectivity index (χ0v) is 18.1. The number of methoxy groups -OCH3 is 1. The molecular weight excluding hydrogens is 376 g/mol. The van der Waals surface area contributed by atoms with E-state index in [0.717, 1.165) is 17.7 Å². The molecule has 0 saturated heterocycles. The van der Waals surface area contributed by atoms with E-state index in [0.29, 0.717) is 30.0 Å². The third-order valence-electron chi connectivity index (χ3n) is 3.45. The van der Waals surface area contributed by atoms with Gasteiger partial charge in [-0.2, -0.15) is 0 Å². The van der Waals surface area contributed by atoms with Gasteiger partial charge < -0.3 is 14.8 Å². The molecule has 0 unspecified atom stereocenters. The summed E-state index contributed by atoms with van der Waals surface area (Å²) in [4.78, 5) is 25.0. The number of benzene rings is 1. The van der Waals surface area contributed by atoms with Crippen LogP contribution in [0.15, 0.2) is 41.3 Å². The maximum Gasteiger partial charge on any atom is 0.337 e. The number of carbonyl (C=O) groups is 2. The first-order valence-corrected chi connectivity index (χ1v) is 10.1. The van der Waals surface area contributed by atoms with Crippen molar-refractivity contribution in [2.45, 2.75) is 38.0 Å². The summed E-state index contributed by atoms with van der Waals surface area (Å²) in [6.45, 7) is 4.34. The van der Waals surface area contributed by atoms with E-state index >= 15 is 0 Å². The molecule has 0 aliphatic rings. The fraction of sp³-hybridized carbons (Fsp3) is 0.429. The zero-order valence-electron chi connectivity index (χ0n) is 17.3. The van der Waals surface area contributed by atoms with E-state index in [4.69, 9.17) is 9.47 Å². The van der Waals surface area contributed by atoms with Gasteiger partial charge in [-0.25, -0.2) is 4.79 Å². The second kappa shape index (κ2) is 13.0. The number of hydrogen-bond acceptors (Lipinski definition) is 6. The highest BCUT2D eigenvalue weighted by molar-refractivity contribution is 7.97. The average Bonchev–Trinajstić information content (AvgIpc) is 2.64. The van der Waals surface area contributed by atoms with Crippen LogP contribution in [0.25, 0.3) is 0 Å². The van der Waals surface area contributed by atoms with E-state index in [1.54, 1.807) is 12.1 Å². The lowest BCUT2D eigenvalue weighted by Gasteiger charge is -2.19. The van der Waals surface area contributed by atoms with Gasteiger partial charge in [-0.05, 0) is 57.1 Å². The number of esters is 1. The fourth-order valence-corrected chi connectivity index (χ4v) is 3.09. The van der Waals surface area contributed by atoms with Crippen molar-refractivity contribution in [1.29, 1.82) is 0 Å². The molecule has 7 heteroatoms. The van der Waals surface area contributed by atoms with Gasteiger partial charge in [-0.3, -0.25) is 9.10 Å². The summed E-state index contributed by atoms with van der Waals surface area (Å²) in [6.07, 6.45) is 9.90. The first-order chi connectivity index (χ1) is 13.4. The van der Waals surface area contributed by atoms with Crippen LogP contribution in [0.4, 0.5) is 5.69 Å². The summed E-state index contributed by atoms with van der Waals surface area (Å²) in [5.74, 6) is -0.0701. The maximum atomic E-state index is 12.2. The highest BCUT2D eigenvalue weighted by Gasteiger charge is 2.19. The third-order valence-corrected chi connectivity index (χ3v) is 4.32. The number of amides is 1. The zero-order chi connectivity index (χ0) is 20.9. The minimum Gasteiger partial charge on any atom is -0.486 e. The second-order valence-electron chi connectivity index (χ2n) is 6.12. The van der Waals surface area contributed by atoms with Crippen LogP contribution in [0, 0.1) is 0 Å². The molecule has 1 rings (SSSR count). The third kappa shape index (κ3) is 8.19. The first kappa shape index (κ1) is 23.8. The van der Waals surface area contributed by atoms with Crippen molar-refractivity contribution in [1.82, 2.24) is 4.31 Å². The van der Waals surface area contributed by atoms with Gasteiger partial charge >= 0.3 is 5.97 Å². The van der Waals surface area contributed by atoms with E-state index in [2.05, 4.69) is 12.2 Å². The Labute approximate surface area is 172 Å². The van der Waals surface area contributed by atoms with Crippen LogP contribution in [0.3, 0.4) is 0 Å². The molecule has 0 atom stereocenters. The molecule has 6 nitrogen and oxygen atoms in total. The van der Waals surface area contributed by atoms with Crippen LogP contribution in [0.5, 0.6) is 5.75 Å². The predicted octanol–water partition coefficient (Wildman–Crippen LogP) is 4.68. The number of nitrogens with one attached hydrogen (secondary N) is 1. The van der Waals surface area contributed by atoms with Crippen molar-refractivity contribution >= 4 is 29.5 Å². The van der Waals surface area contributed by atoms with Crippen LogP contribution in [-0.2, 0) is 9.53 Å². The van der Waals surface area contributed by atoms with Gasteiger partial charge in [-0.1, -0.05) is 32.1 Å². The highest BCUT2D eigenvalue weighted by atomic mass is 32.2. The summed E-state index contributed by atoms with van der Waals surface area (Å²) >= 11 is 1.40. The summed E-state index contributed by atoms with van der Waals surface area (Å²) in [5, 5.41) is 2.86. The normalized spacial score (nSPS) is 11.4. The molecule has 1 aromatic carbocycles. The van der Waals surface area contributed by atoms with Crippen LogP contribution in [0.2, 0.25) is 0 Å². The van der Waals surface area contributed by atoms with E-state index in [9.17, 15) is 9.59 Å². The highest BCUT2D eigenvalue weighted by Crippen LogP contribution is 2.38. The Balaban J connectivity index is 3.26. The van der Waals surface area contributed by atoms with Crippen molar-refractivity contribution in [3.8, 4) is 5.75 Å². The van der Waals surface area contributed by atoms with Gasteiger partial charge in [0.25, 0.3) is 0 Å². The molecule has 1 aromatic rings. The second-order valence-corrected chi connectivity index (χ2v) is 7.47. The van der Waals surface area contributed by atoms with Gasteiger partial charge in [0.2, 0.25) is 5.91 Å². The molecule has 154 valence electrons. The van der Waals surface area contributed by atoms with Crippen LogP contribution >= 0.6 is 11.9 Å². The first-order valence-electron chi connectivity index (χ1n) is 9.28. The molecule has 0 saturated carbocycles. The Morgan fingerprint density at radius 3 is 2.50 bits per heavy atom. The minimum absolute atomic E-state index is 0.128. The number of carbonyl (C=O) groups excluding carboxylic acids is 2. The standard InChI is InChI=1S/C21H30N2O4S/c1-6-8-9-10-11-13-27-20-17(22-19(24)12-7-2)14-16(21(25)26-5)15-18(20)28-23(3)4/h8-11,14-15H,6-7,12-13H2,1-5H3,(H,22,24)/b9-8-,11-10-. The summed E-state index contributed by atoms with van der Waals surface area (Å²) in [5.41, 5.74) is 0.815. The van der Waals surface area contributed by atoms with Crippen molar-refractivity contribution in [2.75, 3.05) is 33.1 Å². The Kier molecular flexibility index (Phi) is 11.1. The van der Waals surface area contributed by atoms with Crippen molar-refractivity contribution in [2.24, 2.45) is 0 Å². The Bertz CT molecular complexity index is 715. The smallest absolute Gasteiger partial charge is 0.337 e. The summed E-state index contributed by atoms with van der Waals surface area (Å²) < 4.78 is 12.7. The molecule has 0 aliphatic heterocycles. The number of hydrogen-bond donors (Lipinski definition) is 1. The van der Waals surface area contributed by atoms with Gasteiger partial charge in [0.1, 0.15) is 6.61 Å². The lowest BCUT2D eigenvalue weighted by molar-refractivity contribution is -0.116. The number of rotatable bonds is 11.